The molecular formula is C21H23N5O3. The number of amides is 1. The molecule has 0 bridgehead atoms. The van der Waals surface area contributed by atoms with E-state index in [-0.39, 0.29) is 5.91 Å². The van der Waals surface area contributed by atoms with Crippen LogP contribution in [0.5, 0.6) is 5.75 Å². The number of hydrogen-bond donors (Lipinski definition) is 1. The van der Waals surface area contributed by atoms with Crippen LogP contribution in [0.2, 0.25) is 0 Å². The molecule has 8 nitrogen and oxygen atoms in total. The molecule has 1 aliphatic rings. The van der Waals surface area contributed by atoms with Crippen LogP contribution in [0.25, 0.3) is 0 Å². The highest BCUT2D eigenvalue weighted by Gasteiger charge is 2.20. The van der Waals surface area contributed by atoms with Gasteiger partial charge in [0.2, 0.25) is 0 Å². The summed E-state index contributed by atoms with van der Waals surface area (Å²) in [5.41, 5.74) is 2.45. The van der Waals surface area contributed by atoms with Crippen LogP contribution in [0.1, 0.15) is 16.2 Å². The molecule has 0 unspecified atom stereocenters. The van der Waals surface area contributed by atoms with Crippen molar-refractivity contribution in [2.45, 2.75) is 6.92 Å². The van der Waals surface area contributed by atoms with Crippen LogP contribution in [0, 0.1) is 6.92 Å². The number of methoxy groups -OCH3 is 1. The van der Waals surface area contributed by atoms with Gasteiger partial charge in [0.1, 0.15) is 17.2 Å². The highest BCUT2D eigenvalue weighted by atomic mass is 16.5. The number of nitrogens with zero attached hydrogens (tertiary/aromatic N) is 4. The standard InChI is InChI=1S/C21H23N5O3/c1-15-13-20(24-29-15)23-21(27)17-8-7-16(14-22-17)25-9-11-26(12-10-25)18-5-3-4-6-19(18)28-2/h3-8,13-14H,9-12H2,1-2H3,(H,23,24,27). The molecule has 29 heavy (non-hydrogen) atoms. The van der Waals surface area contributed by atoms with E-state index in [9.17, 15) is 4.79 Å². The fourth-order valence-corrected chi connectivity index (χ4v) is 3.41. The summed E-state index contributed by atoms with van der Waals surface area (Å²) in [5.74, 6) is 1.59. The van der Waals surface area contributed by atoms with Crippen molar-refractivity contribution in [1.82, 2.24) is 10.1 Å². The minimum atomic E-state index is -0.314. The highest BCUT2D eigenvalue weighted by molar-refractivity contribution is 6.02. The summed E-state index contributed by atoms with van der Waals surface area (Å²) in [6.45, 7) is 5.26. The van der Waals surface area contributed by atoms with Crippen molar-refractivity contribution < 1.29 is 14.1 Å². The Kier molecular flexibility index (Phi) is 5.33. The summed E-state index contributed by atoms with van der Waals surface area (Å²) in [7, 11) is 1.70. The Morgan fingerprint density at radius 3 is 2.52 bits per heavy atom. The highest BCUT2D eigenvalue weighted by Crippen LogP contribution is 2.29. The van der Waals surface area contributed by atoms with Gasteiger partial charge in [0, 0.05) is 32.2 Å². The van der Waals surface area contributed by atoms with Gasteiger partial charge in [0.15, 0.2) is 5.82 Å². The topological polar surface area (TPSA) is 83.7 Å². The SMILES string of the molecule is COc1ccccc1N1CCN(c2ccc(C(=O)Nc3cc(C)on3)nc2)CC1. The van der Waals surface area contributed by atoms with Gasteiger partial charge in [-0.15, -0.1) is 0 Å². The van der Waals surface area contributed by atoms with Crippen molar-refractivity contribution in [3.63, 3.8) is 0 Å². The first-order chi connectivity index (χ1) is 14.1. The molecule has 150 valence electrons. The predicted octanol–water partition coefficient (Wildman–Crippen LogP) is 2.97. The van der Waals surface area contributed by atoms with E-state index in [2.05, 4.69) is 31.3 Å². The molecule has 1 saturated heterocycles. The number of ether oxygens (including phenoxy) is 1. The first-order valence-electron chi connectivity index (χ1n) is 9.47. The number of pyridine rings is 1. The van der Waals surface area contributed by atoms with Crippen LogP contribution >= 0.6 is 0 Å². The number of carbonyl (C=O) groups excluding carboxylic acids is 1. The van der Waals surface area contributed by atoms with Crippen LogP contribution in [0.4, 0.5) is 17.2 Å². The zero-order chi connectivity index (χ0) is 20.2. The number of aromatic nitrogens is 2. The number of anilines is 3. The molecule has 1 fully saturated rings. The lowest BCUT2D eigenvalue weighted by atomic mass is 10.2. The second kappa shape index (κ2) is 8.22. The van der Waals surface area contributed by atoms with Crippen LogP contribution in [-0.4, -0.2) is 49.3 Å². The van der Waals surface area contributed by atoms with Gasteiger partial charge in [-0.05, 0) is 31.2 Å². The van der Waals surface area contributed by atoms with E-state index >= 15 is 0 Å². The minimum Gasteiger partial charge on any atom is -0.495 e. The lowest BCUT2D eigenvalue weighted by molar-refractivity contribution is 0.102. The first kappa shape index (κ1) is 18.8. The number of piperazine rings is 1. The van der Waals surface area contributed by atoms with E-state index in [4.69, 9.17) is 9.26 Å². The van der Waals surface area contributed by atoms with Gasteiger partial charge in [-0.2, -0.15) is 0 Å². The molecule has 0 aliphatic carbocycles. The Morgan fingerprint density at radius 2 is 1.86 bits per heavy atom. The molecule has 8 heteroatoms. The first-order valence-corrected chi connectivity index (χ1v) is 9.47. The molecule has 4 rings (SSSR count). The van der Waals surface area contributed by atoms with E-state index < -0.39 is 0 Å². The molecule has 2 aromatic heterocycles. The van der Waals surface area contributed by atoms with Gasteiger partial charge in [0.25, 0.3) is 5.91 Å². The van der Waals surface area contributed by atoms with E-state index in [0.29, 0.717) is 17.3 Å². The lowest BCUT2D eigenvalue weighted by Crippen LogP contribution is -2.46. The van der Waals surface area contributed by atoms with Crippen molar-refractivity contribution in [3.05, 3.63) is 60.1 Å². The summed E-state index contributed by atoms with van der Waals surface area (Å²) in [6.07, 6.45) is 1.74. The number of rotatable bonds is 5. The van der Waals surface area contributed by atoms with Crippen molar-refractivity contribution in [1.29, 1.82) is 0 Å². The van der Waals surface area contributed by atoms with Crippen LogP contribution in [0.3, 0.4) is 0 Å². The maximum Gasteiger partial charge on any atom is 0.275 e. The molecule has 0 atom stereocenters. The smallest absolute Gasteiger partial charge is 0.275 e. The van der Waals surface area contributed by atoms with Crippen molar-refractivity contribution in [2.24, 2.45) is 0 Å². The number of carbonyl (C=O) groups is 1. The van der Waals surface area contributed by atoms with Gasteiger partial charge >= 0.3 is 0 Å². The maximum atomic E-state index is 12.3. The second-order valence-corrected chi connectivity index (χ2v) is 6.82. The molecule has 1 aliphatic heterocycles. The van der Waals surface area contributed by atoms with Gasteiger partial charge in [-0.3, -0.25) is 4.79 Å². The normalized spacial score (nSPS) is 14.0. The summed E-state index contributed by atoms with van der Waals surface area (Å²) >= 11 is 0. The van der Waals surface area contributed by atoms with Crippen LogP contribution < -0.4 is 19.9 Å². The monoisotopic (exact) mass is 393 g/mol. The van der Waals surface area contributed by atoms with Crippen molar-refractivity contribution >= 4 is 23.1 Å². The molecule has 0 radical (unpaired) electrons. The Labute approximate surface area is 169 Å². The van der Waals surface area contributed by atoms with E-state index in [0.717, 1.165) is 43.3 Å². The fourth-order valence-electron chi connectivity index (χ4n) is 3.41. The summed E-state index contributed by atoms with van der Waals surface area (Å²) in [4.78, 5) is 21.2. The Morgan fingerprint density at radius 1 is 1.10 bits per heavy atom. The molecule has 1 amide bonds. The van der Waals surface area contributed by atoms with Gasteiger partial charge in [-0.1, -0.05) is 17.3 Å². The second-order valence-electron chi connectivity index (χ2n) is 6.82. The number of benzene rings is 1. The van der Waals surface area contributed by atoms with Gasteiger partial charge in [-0.25, -0.2) is 4.98 Å². The number of hydrogen-bond acceptors (Lipinski definition) is 7. The van der Waals surface area contributed by atoms with Crippen LogP contribution in [-0.2, 0) is 0 Å². The Bertz CT molecular complexity index is 978. The zero-order valence-electron chi connectivity index (χ0n) is 16.5. The zero-order valence-corrected chi connectivity index (χ0v) is 16.5. The predicted molar refractivity (Wildman–Crippen MR) is 111 cm³/mol. The largest absolute Gasteiger partial charge is 0.495 e. The van der Waals surface area contributed by atoms with Crippen molar-refractivity contribution in [2.75, 3.05) is 48.4 Å². The molecule has 1 aromatic carbocycles. The number of nitrogens with one attached hydrogen (secondary N) is 1. The number of para-hydroxylation sites is 2. The van der Waals surface area contributed by atoms with Crippen molar-refractivity contribution in [3.8, 4) is 5.75 Å². The molecular weight excluding hydrogens is 370 g/mol. The average molecular weight is 393 g/mol. The summed E-state index contributed by atoms with van der Waals surface area (Å²) in [6, 6.07) is 13.4. The number of aryl methyl sites for hydroxylation is 1. The van der Waals surface area contributed by atoms with E-state index in [1.807, 2.05) is 24.3 Å². The maximum absolute atomic E-state index is 12.3. The molecule has 1 N–H and O–H groups in total. The molecule has 0 saturated carbocycles. The third-order valence-corrected chi connectivity index (χ3v) is 4.92. The summed E-state index contributed by atoms with van der Waals surface area (Å²) in [5, 5.41) is 6.43. The van der Waals surface area contributed by atoms with Crippen LogP contribution in [0.15, 0.2) is 53.2 Å². The molecule has 0 spiro atoms. The average Bonchev–Trinajstić information content (AvgIpc) is 3.18. The third-order valence-electron chi connectivity index (χ3n) is 4.92. The minimum absolute atomic E-state index is 0.314. The molecule has 3 heterocycles. The van der Waals surface area contributed by atoms with E-state index in [1.165, 1.54) is 0 Å². The third kappa shape index (κ3) is 4.16. The molecule has 3 aromatic rings. The Hall–Kier alpha value is -3.55. The van der Waals surface area contributed by atoms with Gasteiger partial charge in [0.05, 0.1) is 24.7 Å². The summed E-state index contributed by atoms with van der Waals surface area (Å²) < 4.78 is 10.4. The quantitative estimate of drug-likeness (QED) is 0.713. The lowest BCUT2D eigenvalue weighted by Gasteiger charge is -2.37. The van der Waals surface area contributed by atoms with E-state index in [1.54, 1.807) is 32.4 Å². The van der Waals surface area contributed by atoms with Gasteiger partial charge < -0.3 is 24.4 Å². The Balaban J connectivity index is 1.37. The fraction of sp³-hybridized carbons (Fsp3) is 0.286.